The Hall–Kier alpha value is -0.690. The Morgan fingerprint density at radius 2 is 2.11 bits per heavy atom. The zero-order chi connectivity index (χ0) is 14.0. The average molecular weight is 433 g/mol. The molecular weight excluding hydrogens is 419 g/mol. The van der Waals surface area contributed by atoms with E-state index in [9.17, 15) is 4.79 Å². The molecule has 0 fully saturated rings. The van der Waals surface area contributed by atoms with Crippen LogP contribution in [0.5, 0.6) is 0 Å². The molecule has 5 heteroatoms. The highest BCUT2D eigenvalue weighted by Gasteiger charge is 2.17. The molecular formula is C14H14BrIN2O. The first-order valence-electron chi connectivity index (χ1n) is 6.04. The molecule has 0 aliphatic carbocycles. The topological polar surface area (TPSA) is 34.9 Å². The molecule has 3 nitrogen and oxygen atoms in total. The number of hydrogen-bond donors (Lipinski definition) is 0. The highest BCUT2D eigenvalue weighted by atomic mass is 127. The van der Waals surface area contributed by atoms with Crippen LogP contribution in [-0.2, 0) is 13.0 Å². The van der Waals surface area contributed by atoms with Gasteiger partial charge in [-0.1, -0.05) is 18.2 Å². The first-order chi connectivity index (χ1) is 9.04. The van der Waals surface area contributed by atoms with Gasteiger partial charge < -0.3 is 0 Å². The molecule has 0 N–H and O–H groups in total. The van der Waals surface area contributed by atoms with Crippen molar-refractivity contribution in [3.8, 4) is 0 Å². The maximum Gasteiger partial charge on any atom is 0.169 e. The minimum Gasteiger partial charge on any atom is -0.294 e. The molecule has 1 heterocycles. The number of carbonyl (C=O) groups excluding carboxylic acids is 1. The lowest BCUT2D eigenvalue weighted by atomic mass is 10.1. The first-order valence-corrected chi connectivity index (χ1v) is 7.91. The molecule has 1 aromatic carbocycles. The summed E-state index contributed by atoms with van der Waals surface area (Å²) in [4.78, 5) is 12.4. The van der Waals surface area contributed by atoms with Crippen LogP contribution in [0.2, 0.25) is 0 Å². The summed E-state index contributed by atoms with van der Waals surface area (Å²) in [7, 11) is 0. The third-order valence-electron chi connectivity index (χ3n) is 2.96. The molecule has 0 spiro atoms. The fourth-order valence-electron chi connectivity index (χ4n) is 1.97. The van der Waals surface area contributed by atoms with E-state index in [0.29, 0.717) is 6.42 Å². The van der Waals surface area contributed by atoms with Crippen LogP contribution in [0.4, 0.5) is 0 Å². The van der Waals surface area contributed by atoms with Crippen LogP contribution in [0.3, 0.4) is 0 Å². The van der Waals surface area contributed by atoms with Gasteiger partial charge in [0.05, 0.1) is 22.3 Å². The van der Waals surface area contributed by atoms with Gasteiger partial charge in [0, 0.05) is 15.7 Å². The lowest BCUT2D eigenvalue weighted by Gasteiger charge is -2.06. The van der Waals surface area contributed by atoms with Crippen LogP contribution in [0.1, 0.15) is 28.7 Å². The number of hydrogen-bond acceptors (Lipinski definition) is 2. The Morgan fingerprint density at radius 3 is 2.74 bits per heavy atom. The molecule has 0 aliphatic rings. The Bertz CT molecular complexity index is 622. The highest BCUT2D eigenvalue weighted by Crippen LogP contribution is 2.23. The average Bonchev–Trinajstić information content (AvgIpc) is 2.67. The summed E-state index contributed by atoms with van der Waals surface area (Å²) in [6.07, 6.45) is 0.370. The number of aryl methyl sites for hydroxylation is 2. The predicted molar refractivity (Wildman–Crippen MR) is 87.5 cm³/mol. The fourth-order valence-corrected chi connectivity index (χ4v) is 3.08. The van der Waals surface area contributed by atoms with Crippen molar-refractivity contribution in [2.24, 2.45) is 0 Å². The van der Waals surface area contributed by atoms with Crippen LogP contribution in [0, 0.1) is 10.5 Å². The summed E-state index contributed by atoms with van der Waals surface area (Å²) in [6, 6.07) is 7.66. The van der Waals surface area contributed by atoms with Crippen LogP contribution < -0.4 is 0 Å². The maximum absolute atomic E-state index is 12.4. The molecule has 0 saturated carbocycles. The molecule has 0 amide bonds. The van der Waals surface area contributed by atoms with E-state index in [1.54, 1.807) is 0 Å². The molecule has 0 radical (unpaired) electrons. The minimum absolute atomic E-state index is 0.125. The molecule has 0 bridgehead atoms. The number of nitrogens with zero attached hydrogens (tertiary/aromatic N) is 2. The molecule has 2 rings (SSSR count). The van der Waals surface area contributed by atoms with Crippen LogP contribution in [0.15, 0.2) is 28.7 Å². The Morgan fingerprint density at radius 1 is 1.42 bits per heavy atom. The van der Waals surface area contributed by atoms with Crippen molar-refractivity contribution >= 4 is 44.3 Å². The lowest BCUT2D eigenvalue weighted by Crippen LogP contribution is -2.11. The second-order valence-electron chi connectivity index (χ2n) is 4.24. The van der Waals surface area contributed by atoms with Crippen molar-refractivity contribution in [2.45, 2.75) is 26.8 Å². The van der Waals surface area contributed by atoms with Gasteiger partial charge in [0.25, 0.3) is 0 Å². The zero-order valence-corrected chi connectivity index (χ0v) is 14.5. The largest absolute Gasteiger partial charge is 0.294 e. The Kier molecular flexibility index (Phi) is 4.78. The zero-order valence-electron chi connectivity index (χ0n) is 10.8. The van der Waals surface area contributed by atoms with Crippen LogP contribution in [-0.4, -0.2) is 15.6 Å². The monoisotopic (exact) mass is 432 g/mol. The van der Waals surface area contributed by atoms with Crippen molar-refractivity contribution in [3.05, 3.63) is 49.3 Å². The van der Waals surface area contributed by atoms with E-state index in [1.165, 1.54) is 0 Å². The summed E-state index contributed by atoms with van der Waals surface area (Å²) in [6.45, 7) is 4.73. The molecule has 0 atom stereocenters. The van der Waals surface area contributed by atoms with E-state index in [-0.39, 0.29) is 5.78 Å². The number of benzene rings is 1. The van der Waals surface area contributed by atoms with Crippen LogP contribution in [0.25, 0.3) is 0 Å². The summed E-state index contributed by atoms with van der Waals surface area (Å²) in [5, 5.41) is 4.41. The lowest BCUT2D eigenvalue weighted by molar-refractivity contribution is 0.0989. The Balaban J connectivity index is 2.32. The quantitative estimate of drug-likeness (QED) is 0.540. The van der Waals surface area contributed by atoms with Gasteiger partial charge in [0.1, 0.15) is 0 Å². The maximum atomic E-state index is 12.4. The molecule has 1 aromatic heterocycles. The molecule has 2 aromatic rings. The van der Waals surface area contributed by atoms with Crippen molar-refractivity contribution in [1.29, 1.82) is 0 Å². The van der Waals surface area contributed by atoms with Gasteiger partial charge in [-0.25, -0.2) is 0 Å². The van der Waals surface area contributed by atoms with Crippen molar-refractivity contribution in [3.63, 3.8) is 0 Å². The van der Waals surface area contributed by atoms with E-state index in [1.807, 2.05) is 42.8 Å². The predicted octanol–water partition coefficient (Wildman–Crippen LogP) is 4.00. The summed E-state index contributed by atoms with van der Waals surface area (Å²) < 4.78 is 3.81. The van der Waals surface area contributed by atoms with E-state index in [4.69, 9.17) is 0 Å². The second-order valence-corrected chi connectivity index (χ2v) is 6.20. The Labute approximate surface area is 134 Å². The standard InChI is InChI=1S/C14H14BrIN2O/c1-3-18-12(14(15)9(2)17-18)8-13(19)10-6-4-5-7-11(10)16/h4-7H,3,8H2,1-2H3. The molecule has 19 heavy (non-hydrogen) atoms. The van der Waals surface area contributed by atoms with Gasteiger partial charge in [0.15, 0.2) is 5.78 Å². The van der Waals surface area contributed by atoms with Crippen molar-refractivity contribution in [2.75, 3.05) is 0 Å². The summed E-state index contributed by atoms with van der Waals surface area (Å²) in [5.41, 5.74) is 2.65. The van der Waals surface area contributed by atoms with Gasteiger partial charge in [-0.05, 0) is 58.4 Å². The van der Waals surface area contributed by atoms with Crippen LogP contribution >= 0.6 is 38.5 Å². The molecule has 0 unspecified atom stereocenters. The van der Waals surface area contributed by atoms with Gasteiger partial charge in [-0.3, -0.25) is 9.48 Å². The number of carbonyl (C=O) groups is 1. The third-order valence-corrected chi connectivity index (χ3v) is 4.93. The van der Waals surface area contributed by atoms with Gasteiger partial charge in [-0.15, -0.1) is 0 Å². The highest BCUT2D eigenvalue weighted by molar-refractivity contribution is 14.1. The van der Waals surface area contributed by atoms with E-state index in [0.717, 1.165) is 31.5 Å². The van der Waals surface area contributed by atoms with Crippen molar-refractivity contribution < 1.29 is 4.79 Å². The van der Waals surface area contributed by atoms with Gasteiger partial charge in [0.2, 0.25) is 0 Å². The van der Waals surface area contributed by atoms with Crippen molar-refractivity contribution in [1.82, 2.24) is 9.78 Å². The van der Waals surface area contributed by atoms with E-state index < -0.39 is 0 Å². The minimum atomic E-state index is 0.125. The fraction of sp³-hybridized carbons (Fsp3) is 0.286. The van der Waals surface area contributed by atoms with E-state index in [2.05, 4.69) is 43.6 Å². The summed E-state index contributed by atoms with van der Waals surface area (Å²) >= 11 is 5.72. The van der Waals surface area contributed by atoms with Gasteiger partial charge in [-0.2, -0.15) is 5.10 Å². The molecule has 100 valence electrons. The van der Waals surface area contributed by atoms with E-state index >= 15 is 0 Å². The smallest absolute Gasteiger partial charge is 0.169 e. The third kappa shape index (κ3) is 3.08. The van der Waals surface area contributed by atoms with Gasteiger partial charge >= 0.3 is 0 Å². The second kappa shape index (κ2) is 6.17. The number of rotatable bonds is 4. The number of aromatic nitrogens is 2. The number of halogens is 2. The SMILES string of the molecule is CCn1nc(C)c(Br)c1CC(=O)c1ccccc1I. The number of Topliss-reactive ketones (excluding diaryl/α,β-unsaturated/α-hetero) is 1. The normalized spacial score (nSPS) is 10.7. The number of ketones is 1. The first kappa shape index (κ1) is 14.7. The molecule has 0 aliphatic heterocycles. The summed E-state index contributed by atoms with van der Waals surface area (Å²) in [5.74, 6) is 0.125. The molecule has 0 saturated heterocycles.